The van der Waals surface area contributed by atoms with Crippen LogP contribution in [0.5, 0.6) is 0 Å². The van der Waals surface area contributed by atoms with Gasteiger partial charge in [-0.25, -0.2) is 0 Å². The number of hydrogen-bond acceptors (Lipinski definition) is 3. The summed E-state index contributed by atoms with van der Waals surface area (Å²) in [6.07, 6.45) is 6.99. The SMILES string of the molecule is CCC1CCCC1(CN)N(CC)Cc1ccccn1. The number of hydrogen-bond donors (Lipinski definition) is 1. The molecule has 1 aromatic heterocycles. The molecular weight excluding hydrogens is 234 g/mol. The third-order valence-corrected chi connectivity index (χ3v) is 4.86. The van der Waals surface area contributed by atoms with Crippen LogP contribution in [0, 0.1) is 5.92 Å². The van der Waals surface area contributed by atoms with E-state index in [0.29, 0.717) is 0 Å². The molecule has 1 heterocycles. The van der Waals surface area contributed by atoms with Crippen LogP contribution in [0.3, 0.4) is 0 Å². The van der Waals surface area contributed by atoms with E-state index in [1.807, 2.05) is 12.3 Å². The Kier molecular flexibility index (Phi) is 4.94. The molecule has 0 aliphatic heterocycles. The lowest BCUT2D eigenvalue weighted by Crippen LogP contribution is -2.55. The molecule has 3 heteroatoms. The zero-order valence-electron chi connectivity index (χ0n) is 12.3. The second-order valence-corrected chi connectivity index (χ2v) is 5.64. The molecular formula is C16H27N3. The summed E-state index contributed by atoms with van der Waals surface area (Å²) < 4.78 is 0. The zero-order chi connectivity index (χ0) is 13.7. The van der Waals surface area contributed by atoms with Gasteiger partial charge in [-0.05, 0) is 37.4 Å². The summed E-state index contributed by atoms with van der Waals surface area (Å²) in [7, 11) is 0. The van der Waals surface area contributed by atoms with Crippen molar-refractivity contribution in [3.63, 3.8) is 0 Å². The Morgan fingerprint density at radius 1 is 1.42 bits per heavy atom. The number of rotatable bonds is 6. The first-order valence-electron chi connectivity index (χ1n) is 7.61. The van der Waals surface area contributed by atoms with Gasteiger partial charge >= 0.3 is 0 Å². The van der Waals surface area contributed by atoms with Crippen LogP contribution in [0.15, 0.2) is 24.4 Å². The lowest BCUT2D eigenvalue weighted by atomic mass is 9.83. The lowest BCUT2D eigenvalue weighted by molar-refractivity contribution is 0.0519. The first-order chi connectivity index (χ1) is 9.26. The molecule has 1 aliphatic rings. The standard InChI is InChI=1S/C16H27N3/c1-3-14-8-7-10-16(14,13-17)19(4-2)12-15-9-5-6-11-18-15/h5-6,9,11,14H,3-4,7-8,10,12-13,17H2,1-2H3. The highest BCUT2D eigenvalue weighted by molar-refractivity contribution is 5.07. The normalized spacial score (nSPS) is 27.1. The van der Waals surface area contributed by atoms with Gasteiger partial charge in [0.2, 0.25) is 0 Å². The number of likely N-dealkylation sites (N-methyl/N-ethyl adjacent to an activating group) is 1. The summed E-state index contributed by atoms with van der Waals surface area (Å²) >= 11 is 0. The Morgan fingerprint density at radius 3 is 2.84 bits per heavy atom. The van der Waals surface area contributed by atoms with Crippen LogP contribution in [0.2, 0.25) is 0 Å². The van der Waals surface area contributed by atoms with E-state index in [1.54, 1.807) is 0 Å². The Balaban J connectivity index is 2.19. The maximum absolute atomic E-state index is 6.20. The summed E-state index contributed by atoms with van der Waals surface area (Å²) in [5.74, 6) is 0.737. The fourth-order valence-electron chi connectivity index (χ4n) is 3.80. The van der Waals surface area contributed by atoms with Gasteiger partial charge in [-0.2, -0.15) is 0 Å². The third kappa shape index (κ3) is 2.82. The minimum atomic E-state index is 0.195. The van der Waals surface area contributed by atoms with E-state index in [-0.39, 0.29) is 5.54 Å². The van der Waals surface area contributed by atoms with E-state index in [0.717, 1.165) is 31.2 Å². The number of nitrogens with two attached hydrogens (primary N) is 1. The van der Waals surface area contributed by atoms with Crippen LogP contribution in [-0.2, 0) is 6.54 Å². The van der Waals surface area contributed by atoms with E-state index >= 15 is 0 Å². The molecule has 2 unspecified atom stereocenters. The topological polar surface area (TPSA) is 42.1 Å². The molecule has 19 heavy (non-hydrogen) atoms. The Bertz CT molecular complexity index is 379. The van der Waals surface area contributed by atoms with E-state index in [2.05, 4.69) is 35.9 Å². The summed E-state index contributed by atoms with van der Waals surface area (Å²) in [5.41, 5.74) is 7.55. The van der Waals surface area contributed by atoms with Crippen molar-refractivity contribution >= 4 is 0 Å². The summed E-state index contributed by atoms with van der Waals surface area (Å²) in [4.78, 5) is 7.04. The first kappa shape index (κ1) is 14.5. The Labute approximate surface area is 117 Å². The van der Waals surface area contributed by atoms with Gasteiger partial charge in [-0.15, -0.1) is 0 Å². The van der Waals surface area contributed by atoms with Crippen molar-refractivity contribution in [3.8, 4) is 0 Å². The second kappa shape index (κ2) is 6.49. The predicted octanol–water partition coefficient (Wildman–Crippen LogP) is 2.81. The van der Waals surface area contributed by atoms with E-state index in [1.165, 1.54) is 25.7 Å². The smallest absolute Gasteiger partial charge is 0.0544 e. The second-order valence-electron chi connectivity index (χ2n) is 5.64. The third-order valence-electron chi connectivity index (χ3n) is 4.86. The van der Waals surface area contributed by atoms with Crippen molar-refractivity contribution in [1.29, 1.82) is 0 Å². The van der Waals surface area contributed by atoms with Gasteiger partial charge in [0.15, 0.2) is 0 Å². The molecule has 1 aliphatic carbocycles. The lowest BCUT2D eigenvalue weighted by Gasteiger charge is -2.44. The minimum Gasteiger partial charge on any atom is -0.329 e. The molecule has 1 saturated carbocycles. The van der Waals surface area contributed by atoms with E-state index in [9.17, 15) is 0 Å². The van der Waals surface area contributed by atoms with Gasteiger partial charge in [-0.1, -0.05) is 32.8 Å². The maximum atomic E-state index is 6.20. The van der Waals surface area contributed by atoms with Crippen molar-refractivity contribution in [1.82, 2.24) is 9.88 Å². The summed E-state index contributed by atoms with van der Waals surface area (Å²) in [5, 5.41) is 0. The molecule has 1 fully saturated rings. The highest BCUT2D eigenvalue weighted by atomic mass is 15.2. The molecule has 0 bridgehead atoms. The predicted molar refractivity (Wildman–Crippen MR) is 79.7 cm³/mol. The molecule has 2 atom stereocenters. The minimum absolute atomic E-state index is 0.195. The summed E-state index contributed by atoms with van der Waals surface area (Å²) in [6, 6.07) is 6.16. The molecule has 2 N–H and O–H groups in total. The van der Waals surface area contributed by atoms with Gasteiger partial charge < -0.3 is 5.73 Å². The highest BCUT2D eigenvalue weighted by Crippen LogP contribution is 2.42. The fraction of sp³-hybridized carbons (Fsp3) is 0.688. The van der Waals surface area contributed by atoms with E-state index in [4.69, 9.17) is 5.73 Å². The van der Waals surface area contributed by atoms with Crippen molar-refractivity contribution in [2.24, 2.45) is 11.7 Å². The van der Waals surface area contributed by atoms with Gasteiger partial charge in [-0.3, -0.25) is 9.88 Å². The molecule has 0 amide bonds. The van der Waals surface area contributed by atoms with Crippen LogP contribution in [-0.4, -0.2) is 28.5 Å². The number of aromatic nitrogens is 1. The van der Waals surface area contributed by atoms with Crippen molar-refractivity contribution < 1.29 is 0 Å². The molecule has 1 aromatic rings. The zero-order valence-corrected chi connectivity index (χ0v) is 12.3. The van der Waals surface area contributed by atoms with Gasteiger partial charge in [0.1, 0.15) is 0 Å². The quantitative estimate of drug-likeness (QED) is 0.856. The molecule has 3 nitrogen and oxygen atoms in total. The van der Waals surface area contributed by atoms with Crippen molar-refractivity contribution in [3.05, 3.63) is 30.1 Å². The Morgan fingerprint density at radius 2 is 2.26 bits per heavy atom. The number of nitrogens with zero attached hydrogens (tertiary/aromatic N) is 2. The van der Waals surface area contributed by atoms with E-state index < -0.39 is 0 Å². The van der Waals surface area contributed by atoms with Crippen LogP contribution in [0.1, 0.15) is 45.2 Å². The van der Waals surface area contributed by atoms with Crippen LogP contribution >= 0.6 is 0 Å². The van der Waals surface area contributed by atoms with Crippen LogP contribution in [0.4, 0.5) is 0 Å². The highest BCUT2D eigenvalue weighted by Gasteiger charge is 2.44. The summed E-state index contributed by atoms with van der Waals surface area (Å²) in [6.45, 7) is 7.28. The van der Waals surface area contributed by atoms with Gasteiger partial charge in [0.25, 0.3) is 0 Å². The molecule has 2 rings (SSSR count). The molecule has 0 spiro atoms. The average Bonchev–Trinajstić information content (AvgIpc) is 2.89. The molecule has 106 valence electrons. The molecule has 0 saturated heterocycles. The monoisotopic (exact) mass is 261 g/mol. The van der Waals surface area contributed by atoms with Gasteiger partial charge in [0, 0.05) is 24.8 Å². The largest absolute Gasteiger partial charge is 0.329 e. The molecule has 0 radical (unpaired) electrons. The first-order valence-corrected chi connectivity index (χ1v) is 7.61. The van der Waals surface area contributed by atoms with Crippen LogP contribution in [0.25, 0.3) is 0 Å². The average molecular weight is 261 g/mol. The fourth-order valence-corrected chi connectivity index (χ4v) is 3.80. The van der Waals surface area contributed by atoms with Crippen molar-refractivity contribution in [2.45, 2.75) is 51.6 Å². The maximum Gasteiger partial charge on any atom is 0.0544 e. The Hall–Kier alpha value is -0.930. The van der Waals surface area contributed by atoms with Crippen LogP contribution < -0.4 is 5.73 Å². The van der Waals surface area contributed by atoms with Crippen molar-refractivity contribution in [2.75, 3.05) is 13.1 Å². The number of pyridine rings is 1. The van der Waals surface area contributed by atoms with Gasteiger partial charge in [0.05, 0.1) is 5.69 Å². The molecule has 0 aromatic carbocycles.